The number of nitrogens with two attached hydrogens (primary N) is 1. The summed E-state index contributed by atoms with van der Waals surface area (Å²) >= 11 is 0. The van der Waals surface area contributed by atoms with Gasteiger partial charge in [0.2, 0.25) is 10.0 Å². The topological polar surface area (TPSA) is 96.5 Å². The van der Waals surface area contributed by atoms with Gasteiger partial charge in [0.1, 0.15) is 10.7 Å². The Morgan fingerprint density at radius 3 is 2.89 bits per heavy atom. The van der Waals surface area contributed by atoms with E-state index in [1.807, 2.05) is 0 Å². The van der Waals surface area contributed by atoms with Crippen LogP contribution >= 0.6 is 0 Å². The van der Waals surface area contributed by atoms with Gasteiger partial charge in [-0.15, -0.1) is 0 Å². The fourth-order valence-corrected chi connectivity index (χ4v) is 3.80. The second-order valence-corrected chi connectivity index (χ2v) is 6.73. The molecule has 1 aliphatic heterocycles. The highest BCUT2D eigenvalue weighted by Gasteiger charge is 2.36. The number of piperidine rings is 1. The molecule has 18 heavy (non-hydrogen) atoms. The molecule has 1 atom stereocenters. The Morgan fingerprint density at radius 2 is 2.28 bits per heavy atom. The number of aliphatic hydroxyl groups is 1. The number of anilines is 1. The van der Waals surface area contributed by atoms with Gasteiger partial charge in [0.05, 0.1) is 5.60 Å². The zero-order chi connectivity index (χ0) is 13.4. The van der Waals surface area contributed by atoms with E-state index in [0.717, 1.165) is 0 Å². The van der Waals surface area contributed by atoms with Gasteiger partial charge >= 0.3 is 0 Å². The largest absolute Gasteiger partial charge is 0.389 e. The zero-order valence-corrected chi connectivity index (χ0v) is 11.0. The Morgan fingerprint density at radius 1 is 1.56 bits per heavy atom. The van der Waals surface area contributed by atoms with Crippen molar-refractivity contribution in [2.45, 2.75) is 30.3 Å². The van der Waals surface area contributed by atoms with E-state index in [1.54, 1.807) is 6.92 Å². The maximum absolute atomic E-state index is 12.4. The molecule has 0 saturated carbocycles. The van der Waals surface area contributed by atoms with Crippen LogP contribution in [-0.2, 0) is 10.0 Å². The molecular weight excluding hydrogens is 254 g/mol. The molecule has 0 radical (unpaired) electrons. The molecule has 0 spiro atoms. The van der Waals surface area contributed by atoms with Gasteiger partial charge in [-0.25, -0.2) is 13.4 Å². The number of pyridine rings is 1. The fourth-order valence-electron chi connectivity index (χ4n) is 2.14. The highest BCUT2D eigenvalue weighted by molar-refractivity contribution is 7.89. The first-order valence-corrected chi connectivity index (χ1v) is 7.20. The van der Waals surface area contributed by atoms with E-state index in [1.165, 1.54) is 22.6 Å². The van der Waals surface area contributed by atoms with Crippen molar-refractivity contribution in [2.24, 2.45) is 0 Å². The summed E-state index contributed by atoms with van der Waals surface area (Å²) in [6.45, 7) is 2.12. The van der Waals surface area contributed by atoms with E-state index in [2.05, 4.69) is 4.98 Å². The monoisotopic (exact) mass is 271 g/mol. The number of β-amino-alcohol motifs (C(OH)–C–C–N with tert-alkyl or cyclic N) is 1. The molecule has 0 aromatic carbocycles. The normalized spacial score (nSPS) is 26.1. The van der Waals surface area contributed by atoms with Crippen molar-refractivity contribution in [3.63, 3.8) is 0 Å². The van der Waals surface area contributed by atoms with Crippen molar-refractivity contribution in [3.05, 3.63) is 18.3 Å². The van der Waals surface area contributed by atoms with Gasteiger partial charge < -0.3 is 10.8 Å². The molecule has 1 fully saturated rings. The first kappa shape index (κ1) is 13.3. The highest BCUT2D eigenvalue weighted by Crippen LogP contribution is 2.27. The third kappa shape index (κ3) is 2.47. The summed E-state index contributed by atoms with van der Waals surface area (Å²) in [5.74, 6) is -0.0114. The van der Waals surface area contributed by atoms with E-state index in [0.29, 0.717) is 19.4 Å². The number of aromatic nitrogens is 1. The van der Waals surface area contributed by atoms with Gasteiger partial charge in [-0.3, -0.25) is 0 Å². The van der Waals surface area contributed by atoms with Crippen molar-refractivity contribution in [3.8, 4) is 0 Å². The minimum atomic E-state index is -3.68. The molecule has 1 saturated heterocycles. The van der Waals surface area contributed by atoms with Gasteiger partial charge in [0.15, 0.2) is 0 Å². The predicted octanol–water partition coefficient (Wildman–Crippen LogP) is 0.199. The molecule has 2 heterocycles. The SMILES string of the molecule is CC1(O)CCCN(S(=O)(=O)c2cccnc2N)C1. The lowest BCUT2D eigenvalue weighted by molar-refractivity contribution is 0.00940. The Kier molecular flexibility index (Phi) is 3.31. The number of sulfonamides is 1. The third-order valence-corrected chi connectivity index (χ3v) is 4.95. The summed E-state index contributed by atoms with van der Waals surface area (Å²) in [5, 5.41) is 9.97. The molecule has 1 unspecified atom stereocenters. The second kappa shape index (κ2) is 4.49. The van der Waals surface area contributed by atoms with Crippen LogP contribution in [0, 0.1) is 0 Å². The maximum atomic E-state index is 12.4. The lowest BCUT2D eigenvalue weighted by Crippen LogP contribution is -2.48. The average Bonchev–Trinajstić information content (AvgIpc) is 2.28. The van der Waals surface area contributed by atoms with Crippen LogP contribution in [0.2, 0.25) is 0 Å². The van der Waals surface area contributed by atoms with Gasteiger partial charge in [-0.05, 0) is 31.9 Å². The summed E-state index contributed by atoms with van der Waals surface area (Å²) in [4.78, 5) is 3.79. The van der Waals surface area contributed by atoms with Crippen LogP contribution in [0.15, 0.2) is 23.2 Å². The Balaban J connectivity index is 2.35. The standard InChI is InChI=1S/C11H17N3O3S/c1-11(15)5-3-7-14(8-11)18(16,17)9-4-2-6-13-10(9)12/h2,4,6,15H,3,5,7-8H2,1H3,(H2,12,13). The summed E-state index contributed by atoms with van der Waals surface area (Å²) in [6.07, 6.45) is 2.68. The molecule has 0 amide bonds. The van der Waals surface area contributed by atoms with E-state index in [9.17, 15) is 13.5 Å². The van der Waals surface area contributed by atoms with Crippen molar-refractivity contribution in [1.82, 2.24) is 9.29 Å². The van der Waals surface area contributed by atoms with Crippen molar-refractivity contribution < 1.29 is 13.5 Å². The Hall–Kier alpha value is -1.18. The lowest BCUT2D eigenvalue weighted by atomic mass is 9.97. The van der Waals surface area contributed by atoms with E-state index in [-0.39, 0.29) is 17.3 Å². The van der Waals surface area contributed by atoms with E-state index in [4.69, 9.17) is 5.73 Å². The molecule has 1 aromatic heterocycles. The second-order valence-electron chi connectivity index (χ2n) is 4.83. The van der Waals surface area contributed by atoms with Gasteiger partial charge in [-0.1, -0.05) is 0 Å². The molecule has 6 nitrogen and oxygen atoms in total. The lowest BCUT2D eigenvalue weighted by Gasteiger charge is -2.35. The van der Waals surface area contributed by atoms with Gasteiger partial charge in [0, 0.05) is 19.3 Å². The zero-order valence-electron chi connectivity index (χ0n) is 10.2. The number of nitrogens with zero attached hydrogens (tertiary/aromatic N) is 2. The van der Waals surface area contributed by atoms with Crippen molar-refractivity contribution >= 4 is 15.8 Å². The number of hydrogen-bond acceptors (Lipinski definition) is 5. The fraction of sp³-hybridized carbons (Fsp3) is 0.545. The maximum Gasteiger partial charge on any atom is 0.246 e. The first-order chi connectivity index (χ1) is 8.33. The van der Waals surface area contributed by atoms with Crippen LogP contribution in [0.1, 0.15) is 19.8 Å². The molecule has 100 valence electrons. The highest BCUT2D eigenvalue weighted by atomic mass is 32.2. The molecule has 0 bridgehead atoms. The Bertz CT molecular complexity index is 542. The number of rotatable bonds is 2. The van der Waals surface area contributed by atoms with Crippen LogP contribution in [0.3, 0.4) is 0 Å². The van der Waals surface area contributed by atoms with Crippen LogP contribution < -0.4 is 5.73 Å². The molecule has 2 rings (SSSR count). The predicted molar refractivity (Wildman–Crippen MR) is 67.3 cm³/mol. The van der Waals surface area contributed by atoms with Gasteiger partial charge in [-0.2, -0.15) is 4.31 Å². The third-order valence-electron chi connectivity index (χ3n) is 3.06. The summed E-state index contributed by atoms with van der Waals surface area (Å²) < 4.78 is 26.0. The smallest absolute Gasteiger partial charge is 0.246 e. The average molecular weight is 271 g/mol. The van der Waals surface area contributed by atoms with Crippen molar-refractivity contribution in [2.75, 3.05) is 18.8 Å². The Labute approximate surface area is 106 Å². The van der Waals surface area contributed by atoms with Gasteiger partial charge in [0.25, 0.3) is 0 Å². The molecule has 3 N–H and O–H groups in total. The summed E-state index contributed by atoms with van der Waals surface area (Å²) in [6, 6.07) is 2.96. The molecule has 0 aliphatic carbocycles. The summed E-state index contributed by atoms with van der Waals surface area (Å²) in [7, 11) is -3.68. The molecule has 7 heteroatoms. The first-order valence-electron chi connectivity index (χ1n) is 5.76. The minimum Gasteiger partial charge on any atom is -0.389 e. The van der Waals surface area contributed by atoms with E-state index >= 15 is 0 Å². The molecular formula is C11H17N3O3S. The van der Waals surface area contributed by atoms with Crippen LogP contribution in [-0.4, -0.2) is 41.5 Å². The number of nitrogen functional groups attached to an aromatic ring is 1. The van der Waals surface area contributed by atoms with Crippen molar-refractivity contribution in [1.29, 1.82) is 0 Å². The number of hydrogen-bond donors (Lipinski definition) is 2. The molecule has 1 aromatic rings. The van der Waals surface area contributed by atoms with E-state index < -0.39 is 15.6 Å². The quantitative estimate of drug-likeness (QED) is 0.801. The minimum absolute atomic E-state index is 0.00250. The molecule has 1 aliphatic rings. The van der Waals surface area contributed by atoms with Crippen LogP contribution in [0.4, 0.5) is 5.82 Å². The van der Waals surface area contributed by atoms with Crippen LogP contribution in [0.5, 0.6) is 0 Å². The summed E-state index contributed by atoms with van der Waals surface area (Å²) in [5.41, 5.74) is 4.62. The van der Waals surface area contributed by atoms with Crippen LogP contribution in [0.25, 0.3) is 0 Å².